The molecule has 1 heterocycles. The first-order valence-corrected chi connectivity index (χ1v) is 6.69. The molecule has 1 aromatic rings. The van der Waals surface area contributed by atoms with E-state index >= 15 is 0 Å². The maximum atomic E-state index is 12.2. The first-order valence-electron chi connectivity index (χ1n) is 6.69. The van der Waals surface area contributed by atoms with Gasteiger partial charge in [-0.25, -0.2) is 4.98 Å². The highest BCUT2D eigenvalue weighted by Gasteiger charge is 2.32. The van der Waals surface area contributed by atoms with Crippen molar-refractivity contribution in [3.05, 3.63) is 12.2 Å². The number of carbonyl (C=O) groups excluding carboxylic acids is 1. The molecule has 0 atom stereocenters. The molecule has 5 nitrogen and oxygen atoms in total. The van der Waals surface area contributed by atoms with Gasteiger partial charge in [0, 0.05) is 19.0 Å². The summed E-state index contributed by atoms with van der Waals surface area (Å²) in [4.78, 5) is 16.3. The Morgan fingerprint density at radius 1 is 1.44 bits per heavy atom. The second-order valence-electron chi connectivity index (χ2n) is 5.28. The summed E-state index contributed by atoms with van der Waals surface area (Å²) in [6, 6.07) is 0. The van der Waals surface area contributed by atoms with Gasteiger partial charge in [0.15, 0.2) is 0 Å². The SMILES string of the molecule is CNC1(CC(=O)Cc2ncnn2C)CCCCC1. The van der Waals surface area contributed by atoms with E-state index in [1.54, 1.807) is 4.68 Å². The van der Waals surface area contributed by atoms with Crippen LogP contribution in [0.5, 0.6) is 0 Å². The highest BCUT2D eigenvalue weighted by molar-refractivity contribution is 5.81. The summed E-state index contributed by atoms with van der Waals surface area (Å²) in [7, 11) is 3.80. The Bertz CT molecular complexity index is 407. The normalized spacial score (nSPS) is 18.8. The van der Waals surface area contributed by atoms with E-state index in [-0.39, 0.29) is 11.3 Å². The van der Waals surface area contributed by atoms with E-state index in [0.717, 1.165) is 18.7 Å². The third-order valence-corrected chi connectivity index (χ3v) is 4.04. The molecule has 0 unspecified atom stereocenters. The van der Waals surface area contributed by atoms with Gasteiger partial charge < -0.3 is 5.32 Å². The molecule has 1 fully saturated rings. The topological polar surface area (TPSA) is 59.8 Å². The van der Waals surface area contributed by atoms with Gasteiger partial charge >= 0.3 is 0 Å². The standard InChI is InChI=1S/C13H22N4O/c1-14-13(6-4-3-5-7-13)9-11(18)8-12-15-10-16-17(12)2/h10,14H,3-9H2,1-2H3. The minimum absolute atomic E-state index is 0.0218. The number of ketones is 1. The Kier molecular flexibility index (Phi) is 4.11. The largest absolute Gasteiger partial charge is 0.314 e. The molecule has 0 radical (unpaired) electrons. The number of hydrogen-bond donors (Lipinski definition) is 1. The van der Waals surface area contributed by atoms with Crippen LogP contribution in [0.25, 0.3) is 0 Å². The van der Waals surface area contributed by atoms with Crippen molar-refractivity contribution in [1.29, 1.82) is 0 Å². The predicted molar refractivity (Wildman–Crippen MR) is 69.2 cm³/mol. The quantitative estimate of drug-likeness (QED) is 0.854. The number of aryl methyl sites for hydroxylation is 1. The molecule has 1 aromatic heterocycles. The fraction of sp³-hybridized carbons (Fsp3) is 0.769. The fourth-order valence-corrected chi connectivity index (χ4v) is 2.84. The molecule has 0 spiro atoms. The van der Waals surface area contributed by atoms with Crippen molar-refractivity contribution in [2.45, 2.75) is 50.5 Å². The minimum atomic E-state index is 0.0218. The van der Waals surface area contributed by atoms with Crippen molar-refractivity contribution in [2.75, 3.05) is 7.05 Å². The van der Waals surface area contributed by atoms with Gasteiger partial charge in [-0.1, -0.05) is 19.3 Å². The molecular weight excluding hydrogens is 228 g/mol. The average Bonchev–Trinajstić information content (AvgIpc) is 2.76. The number of nitrogens with zero attached hydrogens (tertiary/aromatic N) is 3. The summed E-state index contributed by atoms with van der Waals surface area (Å²) in [5.74, 6) is 1.00. The van der Waals surface area contributed by atoms with Crippen LogP contribution < -0.4 is 5.32 Å². The van der Waals surface area contributed by atoms with Gasteiger partial charge in [-0.15, -0.1) is 0 Å². The summed E-state index contributed by atoms with van der Waals surface area (Å²) in [6.07, 6.45) is 8.44. The Balaban J connectivity index is 1.95. The Labute approximate surface area is 108 Å². The van der Waals surface area contributed by atoms with Gasteiger partial charge in [0.2, 0.25) is 0 Å². The van der Waals surface area contributed by atoms with Gasteiger partial charge in [-0.3, -0.25) is 9.48 Å². The third kappa shape index (κ3) is 2.96. The fourth-order valence-electron chi connectivity index (χ4n) is 2.84. The lowest BCUT2D eigenvalue weighted by Crippen LogP contribution is -2.46. The summed E-state index contributed by atoms with van der Waals surface area (Å²) >= 11 is 0. The van der Waals surface area contributed by atoms with Crippen LogP contribution in [-0.4, -0.2) is 33.1 Å². The smallest absolute Gasteiger partial charge is 0.142 e. The predicted octanol–water partition coefficient (Wildman–Crippen LogP) is 1.24. The molecule has 100 valence electrons. The Morgan fingerprint density at radius 2 is 2.17 bits per heavy atom. The highest BCUT2D eigenvalue weighted by atomic mass is 16.1. The van der Waals surface area contributed by atoms with Gasteiger partial charge in [0.25, 0.3) is 0 Å². The van der Waals surface area contributed by atoms with Crippen LogP contribution in [0.2, 0.25) is 0 Å². The van der Waals surface area contributed by atoms with Crippen molar-refractivity contribution < 1.29 is 4.79 Å². The van der Waals surface area contributed by atoms with Crippen LogP contribution in [-0.2, 0) is 18.3 Å². The van der Waals surface area contributed by atoms with Crippen molar-refractivity contribution in [3.63, 3.8) is 0 Å². The molecule has 0 aromatic carbocycles. The van der Waals surface area contributed by atoms with E-state index in [1.807, 2.05) is 14.1 Å². The number of aromatic nitrogens is 3. The minimum Gasteiger partial charge on any atom is -0.314 e. The number of nitrogens with one attached hydrogen (secondary N) is 1. The summed E-state index contributed by atoms with van der Waals surface area (Å²) in [6.45, 7) is 0. The van der Waals surface area contributed by atoms with Gasteiger partial charge in [-0.2, -0.15) is 5.10 Å². The lowest BCUT2D eigenvalue weighted by molar-refractivity contribution is -0.120. The maximum Gasteiger partial charge on any atom is 0.142 e. The lowest BCUT2D eigenvalue weighted by Gasteiger charge is -2.36. The number of Topliss-reactive ketones (excluding diaryl/α,β-unsaturated/α-hetero) is 1. The van der Waals surface area contributed by atoms with Crippen LogP contribution in [0.1, 0.15) is 44.3 Å². The van der Waals surface area contributed by atoms with Crippen LogP contribution in [0, 0.1) is 0 Å². The van der Waals surface area contributed by atoms with Crippen LogP contribution in [0.4, 0.5) is 0 Å². The molecule has 0 saturated heterocycles. The monoisotopic (exact) mass is 250 g/mol. The summed E-state index contributed by atoms with van der Waals surface area (Å²) in [5.41, 5.74) is 0.0218. The summed E-state index contributed by atoms with van der Waals surface area (Å²) in [5, 5.41) is 7.37. The number of rotatable bonds is 5. The average molecular weight is 250 g/mol. The first kappa shape index (κ1) is 13.2. The zero-order valence-electron chi connectivity index (χ0n) is 11.3. The number of carbonyl (C=O) groups is 1. The molecule has 1 N–H and O–H groups in total. The van der Waals surface area contributed by atoms with Gasteiger partial charge in [-0.05, 0) is 19.9 Å². The van der Waals surface area contributed by atoms with Crippen LogP contribution >= 0.6 is 0 Å². The summed E-state index contributed by atoms with van der Waals surface area (Å²) < 4.78 is 1.67. The van der Waals surface area contributed by atoms with Crippen molar-refractivity contribution in [2.24, 2.45) is 7.05 Å². The zero-order valence-corrected chi connectivity index (χ0v) is 11.3. The molecule has 5 heteroatoms. The zero-order chi connectivity index (χ0) is 13.0. The molecule has 0 bridgehead atoms. The van der Waals surface area contributed by atoms with Crippen LogP contribution in [0.3, 0.4) is 0 Å². The molecule has 1 aliphatic carbocycles. The molecule has 1 aliphatic rings. The first-order chi connectivity index (χ1) is 8.65. The van der Waals surface area contributed by atoms with Crippen molar-refractivity contribution >= 4 is 5.78 Å². The van der Waals surface area contributed by atoms with Crippen molar-refractivity contribution in [1.82, 2.24) is 20.1 Å². The van der Waals surface area contributed by atoms with Gasteiger partial charge in [0.1, 0.15) is 17.9 Å². The van der Waals surface area contributed by atoms with E-state index in [0.29, 0.717) is 12.8 Å². The molecule has 18 heavy (non-hydrogen) atoms. The van der Waals surface area contributed by atoms with E-state index < -0.39 is 0 Å². The van der Waals surface area contributed by atoms with E-state index in [4.69, 9.17) is 0 Å². The molecule has 1 saturated carbocycles. The lowest BCUT2D eigenvalue weighted by atomic mass is 9.78. The molecule has 2 rings (SSSR count). The molecule has 0 aliphatic heterocycles. The highest BCUT2D eigenvalue weighted by Crippen LogP contribution is 2.31. The molecule has 0 amide bonds. The van der Waals surface area contributed by atoms with Gasteiger partial charge in [0.05, 0.1) is 6.42 Å². The van der Waals surface area contributed by atoms with Crippen LogP contribution in [0.15, 0.2) is 6.33 Å². The Hall–Kier alpha value is -1.23. The second-order valence-corrected chi connectivity index (χ2v) is 5.28. The molecular formula is C13H22N4O. The van der Waals surface area contributed by atoms with E-state index in [1.165, 1.54) is 25.6 Å². The van der Waals surface area contributed by atoms with E-state index in [9.17, 15) is 4.79 Å². The third-order valence-electron chi connectivity index (χ3n) is 4.04. The van der Waals surface area contributed by atoms with E-state index in [2.05, 4.69) is 15.4 Å². The maximum absolute atomic E-state index is 12.2. The Morgan fingerprint density at radius 3 is 2.72 bits per heavy atom. The second kappa shape index (κ2) is 5.61. The van der Waals surface area contributed by atoms with Crippen molar-refractivity contribution in [3.8, 4) is 0 Å². The number of hydrogen-bond acceptors (Lipinski definition) is 4.